The lowest BCUT2D eigenvalue weighted by molar-refractivity contribution is -0.0725. The molecule has 1 aliphatic heterocycles. The molecule has 0 unspecified atom stereocenters. The van der Waals surface area contributed by atoms with Crippen molar-refractivity contribution < 1.29 is 14.3 Å². The highest BCUT2D eigenvalue weighted by Crippen LogP contribution is 2.25. The van der Waals surface area contributed by atoms with E-state index in [1.807, 2.05) is 37.3 Å². The van der Waals surface area contributed by atoms with Crippen LogP contribution in [0.3, 0.4) is 0 Å². The van der Waals surface area contributed by atoms with E-state index in [1.165, 1.54) is 7.11 Å². The van der Waals surface area contributed by atoms with Crippen molar-refractivity contribution in [2.24, 2.45) is 0 Å². The standard InChI is InChI=1S/C13H17NO3/c1-10-8-14(13(15)16-2)9-12(17-10)11-6-4-3-5-7-11/h3-7,10,12H,8-9H2,1-2H3/t10-,12+/m0/s1. The molecule has 0 N–H and O–H groups in total. The van der Waals surface area contributed by atoms with Crippen molar-refractivity contribution in [3.63, 3.8) is 0 Å². The Morgan fingerprint density at radius 1 is 1.35 bits per heavy atom. The van der Waals surface area contributed by atoms with Crippen molar-refractivity contribution in [1.82, 2.24) is 4.90 Å². The molecule has 0 spiro atoms. The number of ether oxygens (including phenoxy) is 2. The van der Waals surface area contributed by atoms with Gasteiger partial charge in [0.15, 0.2) is 0 Å². The minimum Gasteiger partial charge on any atom is -0.453 e. The van der Waals surface area contributed by atoms with Crippen LogP contribution in [0.15, 0.2) is 30.3 Å². The Morgan fingerprint density at radius 3 is 2.71 bits per heavy atom. The van der Waals surface area contributed by atoms with E-state index in [-0.39, 0.29) is 18.3 Å². The van der Waals surface area contributed by atoms with Gasteiger partial charge in [0.25, 0.3) is 0 Å². The first-order chi connectivity index (χ1) is 8.20. The highest BCUT2D eigenvalue weighted by atomic mass is 16.5. The van der Waals surface area contributed by atoms with Crippen LogP contribution in [-0.4, -0.2) is 37.3 Å². The highest BCUT2D eigenvalue weighted by molar-refractivity contribution is 5.67. The molecular formula is C13H17NO3. The van der Waals surface area contributed by atoms with Gasteiger partial charge in [-0.3, -0.25) is 0 Å². The number of carbonyl (C=O) groups is 1. The monoisotopic (exact) mass is 235 g/mol. The molecule has 4 nitrogen and oxygen atoms in total. The third-order valence-corrected chi connectivity index (χ3v) is 2.86. The number of benzene rings is 1. The van der Waals surface area contributed by atoms with Crippen molar-refractivity contribution in [2.75, 3.05) is 20.2 Å². The second-order valence-electron chi connectivity index (χ2n) is 4.22. The smallest absolute Gasteiger partial charge is 0.409 e. The zero-order chi connectivity index (χ0) is 12.3. The number of hydrogen-bond acceptors (Lipinski definition) is 3. The summed E-state index contributed by atoms with van der Waals surface area (Å²) in [6.45, 7) is 3.09. The van der Waals surface area contributed by atoms with Crippen molar-refractivity contribution in [3.05, 3.63) is 35.9 Å². The topological polar surface area (TPSA) is 38.8 Å². The van der Waals surface area contributed by atoms with Crippen LogP contribution in [0.4, 0.5) is 4.79 Å². The summed E-state index contributed by atoms with van der Waals surface area (Å²) in [4.78, 5) is 13.2. The molecule has 0 radical (unpaired) electrons. The molecular weight excluding hydrogens is 218 g/mol. The van der Waals surface area contributed by atoms with Crippen LogP contribution < -0.4 is 0 Å². The van der Waals surface area contributed by atoms with Crippen LogP contribution >= 0.6 is 0 Å². The van der Waals surface area contributed by atoms with Crippen LogP contribution in [0.25, 0.3) is 0 Å². The number of morpholine rings is 1. The summed E-state index contributed by atoms with van der Waals surface area (Å²) in [6, 6.07) is 9.94. The maximum absolute atomic E-state index is 11.5. The largest absolute Gasteiger partial charge is 0.453 e. The van der Waals surface area contributed by atoms with Crippen molar-refractivity contribution in [3.8, 4) is 0 Å². The Balaban J connectivity index is 2.11. The van der Waals surface area contributed by atoms with Crippen LogP contribution in [0.2, 0.25) is 0 Å². The Morgan fingerprint density at radius 2 is 2.06 bits per heavy atom. The molecule has 4 heteroatoms. The Kier molecular flexibility index (Phi) is 3.64. The summed E-state index contributed by atoms with van der Waals surface area (Å²) in [7, 11) is 1.40. The molecule has 0 aromatic heterocycles. The molecule has 2 rings (SSSR count). The predicted molar refractivity (Wildman–Crippen MR) is 63.7 cm³/mol. The van der Waals surface area contributed by atoms with E-state index in [9.17, 15) is 4.79 Å². The van der Waals surface area contributed by atoms with Gasteiger partial charge in [-0.2, -0.15) is 0 Å². The SMILES string of the molecule is COC(=O)N1C[C@H](C)O[C@@H](c2ccccc2)C1. The zero-order valence-electron chi connectivity index (χ0n) is 10.1. The van der Waals surface area contributed by atoms with Gasteiger partial charge < -0.3 is 14.4 Å². The molecule has 1 saturated heterocycles. The molecule has 1 amide bonds. The fourth-order valence-corrected chi connectivity index (χ4v) is 2.08. The van der Waals surface area contributed by atoms with Crippen LogP contribution in [0, 0.1) is 0 Å². The van der Waals surface area contributed by atoms with Gasteiger partial charge in [-0.05, 0) is 12.5 Å². The lowest BCUT2D eigenvalue weighted by Crippen LogP contribution is -2.45. The lowest BCUT2D eigenvalue weighted by atomic mass is 10.1. The quantitative estimate of drug-likeness (QED) is 0.749. The Hall–Kier alpha value is -1.55. The van der Waals surface area contributed by atoms with Gasteiger partial charge >= 0.3 is 6.09 Å². The zero-order valence-corrected chi connectivity index (χ0v) is 10.1. The van der Waals surface area contributed by atoms with Crippen molar-refractivity contribution >= 4 is 6.09 Å². The van der Waals surface area contributed by atoms with E-state index < -0.39 is 0 Å². The first-order valence-electron chi connectivity index (χ1n) is 5.74. The van der Waals surface area contributed by atoms with Crippen molar-refractivity contribution in [1.29, 1.82) is 0 Å². The first-order valence-corrected chi connectivity index (χ1v) is 5.74. The lowest BCUT2D eigenvalue weighted by Gasteiger charge is -2.36. The summed E-state index contributed by atoms with van der Waals surface area (Å²) in [5.74, 6) is 0. The molecule has 17 heavy (non-hydrogen) atoms. The van der Waals surface area contributed by atoms with E-state index in [2.05, 4.69) is 0 Å². The Labute approximate surface area is 101 Å². The third-order valence-electron chi connectivity index (χ3n) is 2.86. The van der Waals surface area contributed by atoms with E-state index in [4.69, 9.17) is 9.47 Å². The third kappa shape index (κ3) is 2.77. The van der Waals surface area contributed by atoms with E-state index in [0.29, 0.717) is 13.1 Å². The molecule has 0 aliphatic carbocycles. The van der Waals surface area contributed by atoms with Gasteiger partial charge in [-0.15, -0.1) is 0 Å². The van der Waals surface area contributed by atoms with Gasteiger partial charge in [-0.1, -0.05) is 30.3 Å². The van der Waals surface area contributed by atoms with Crippen LogP contribution in [-0.2, 0) is 9.47 Å². The molecule has 92 valence electrons. The number of nitrogens with zero attached hydrogens (tertiary/aromatic N) is 1. The number of carbonyl (C=O) groups excluding carboxylic acids is 1. The number of methoxy groups -OCH3 is 1. The van der Waals surface area contributed by atoms with Gasteiger partial charge in [0.2, 0.25) is 0 Å². The molecule has 2 atom stereocenters. The maximum Gasteiger partial charge on any atom is 0.409 e. The molecule has 0 bridgehead atoms. The summed E-state index contributed by atoms with van der Waals surface area (Å²) in [5.41, 5.74) is 1.09. The summed E-state index contributed by atoms with van der Waals surface area (Å²) < 4.78 is 10.6. The molecule has 1 aliphatic rings. The number of hydrogen-bond donors (Lipinski definition) is 0. The van der Waals surface area contributed by atoms with Gasteiger partial charge in [0.1, 0.15) is 6.10 Å². The second-order valence-corrected chi connectivity index (χ2v) is 4.22. The predicted octanol–water partition coefficient (Wildman–Crippen LogP) is 2.21. The molecule has 1 aromatic rings. The minimum absolute atomic E-state index is 0.0213. The average Bonchev–Trinajstić information content (AvgIpc) is 2.38. The van der Waals surface area contributed by atoms with Crippen LogP contribution in [0.1, 0.15) is 18.6 Å². The van der Waals surface area contributed by atoms with Crippen LogP contribution in [0.5, 0.6) is 0 Å². The maximum atomic E-state index is 11.5. The van der Waals surface area contributed by atoms with Gasteiger partial charge in [-0.25, -0.2) is 4.79 Å². The van der Waals surface area contributed by atoms with Gasteiger partial charge in [0.05, 0.1) is 26.3 Å². The normalized spacial score (nSPS) is 24.5. The van der Waals surface area contributed by atoms with Crippen molar-refractivity contribution in [2.45, 2.75) is 19.1 Å². The molecule has 0 saturated carbocycles. The molecule has 1 aromatic carbocycles. The summed E-state index contributed by atoms with van der Waals surface area (Å²) in [6.07, 6.45) is -0.340. The number of rotatable bonds is 1. The molecule has 1 fully saturated rings. The second kappa shape index (κ2) is 5.19. The molecule has 1 heterocycles. The highest BCUT2D eigenvalue weighted by Gasteiger charge is 2.29. The Bertz CT molecular complexity index is 380. The fourth-order valence-electron chi connectivity index (χ4n) is 2.08. The fraction of sp³-hybridized carbons (Fsp3) is 0.462. The van der Waals surface area contributed by atoms with E-state index in [1.54, 1.807) is 4.90 Å². The van der Waals surface area contributed by atoms with E-state index in [0.717, 1.165) is 5.56 Å². The summed E-state index contributed by atoms with van der Waals surface area (Å²) in [5, 5.41) is 0. The van der Waals surface area contributed by atoms with E-state index >= 15 is 0 Å². The first kappa shape index (κ1) is 11.9. The van der Waals surface area contributed by atoms with Gasteiger partial charge in [0, 0.05) is 0 Å². The average molecular weight is 235 g/mol. The summed E-state index contributed by atoms with van der Waals surface area (Å²) >= 11 is 0. The minimum atomic E-state index is -0.291. The number of amides is 1.